The van der Waals surface area contributed by atoms with Crippen LogP contribution in [-0.2, 0) is 13.3 Å². The van der Waals surface area contributed by atoms with Gasteiger partial charge >= 0.3 is 8.80 Å². The van der Waals surface area contributed by atoms with Crippen LogP contribution in [0.2, 0.25) is 6.04 Å². The summed E-state index contributed by atoms with van der Waals surface area (Å²) in [5, 5.41) is 9.17. The molecule has 0 saturated carbocycles. The summed E-state index contributed by atoms with van der Waals surface area (Å²) in [7, 11) is 2.01. The van der Waals surface area contributed by atoms with Crippen molar-refractivity contribution in [1.82, 2.24) is 0 Å². The van der Waals surface area contributed by atoms with Crippen LogP contribution in [0.25, 0.3) is 0 Å². The van der Waals surface area contributed by atoms with Crippen LogP contribution in [0.4, 0.5) is 0 Å². The highest BCUT2D eigenvalue weighted by atomic mass is 35.5. The van der Waals surface area contributed by atoms with Crippen molar-refractivity contribution in [2.45, 2.75) is 136 Å². The van der Waals surface area contributed by atoms with Crippen molar-refractivity contribution in [3.05, 3.63) is 0 Å². The largest absolute Gasteiger partial charge is 1.00 e. The summed E-state index contributed by atoms with van der Waals surface area (Å²) >= 11 is 0. The van der Waals surface area contributed by atoms with Gasteiger partial charge in [0, 0.05) is 25.7 Å². The highest BCUT2D eigenvalue weighted by Crippen LogP contribution is 2.20. The van der Waals surface area contributed by atoms with Crippen molar-refractivity contribution in [3.8, 4) is 0 Å². The molecule has 0 aromatic carbocycles. The number of rotatable bonds is 28. The van der Waals surface area contributed by atoms with Crippen molar-refractivity contribution < 1.29 is 35.3 Å². The smallest absolute Gasteiger partial charge is 0.501 e. The summed E-state index contributed by atoms with van der Waals surface area (Å²) in [6.07, 6.45) is 23.7. The number of unbranched alkanes of at least 4 members (excludes halogenated alkanes) is 15. The van der Waals surface area contributed by atoms with Crippen LogP contribution in [0.5, 0.6) is 0 Å². The molecule has 0 saturated heterocycles. The zero-order valence-electron chi connectivity index (χ0n) is 25.0. The molecule has 5 nitrogen and oxygen atoms in total. The summed E-state index contributed by atoms with van der Waals surface area (Å²) in [6.45, 7) is 10.1. The topological polar surface area (TPSA) is 47.9 Å². The fourth-order valence-electron chi connectivity index (χ4n) is 4.91. The van der Waals surface area contributed by atoms with Gasteiger partial charge in [0.1, 0.15) is 0 Å². The molecule has 0 aliphatic carbocycles. The molecule has 0 rings (SSSR count). The molecule has 0 fully saturated rings. The molecule has 0 bridgehead atoms. The lowest BCUT2D eigenvalue weighted by atomic mass is 10.0. The predicted molar refractivity (Wildman–Crippen MR) is 153 cm³/mol. The maximum atomic E-state index is 9.17. The van der Waals surface area contributed by atoms with Crippen LogP contribution < -0.4 is 12.4 Å². The third-order valence-corrected chi connectivity index (χ3v) is 10.1. The molecule has 0 radical (unpaired) electrons. The lowest BCUT2D eigenvalue weighted by Gasteiger charge is -2.32. The fourth-order valence-corrected chi connectivity index (χ4v) is 7.46. The second kappa shape index (κ2) is 26.9. The van der Waals surface area contributed by atoms with Crippen LogP contribution in [0.1, 0.15) is 130 Å². The average Bonchev–Trinajstić information content (AvgIpc) is 2.82. The van der Waals surface area contributed by atoms with Crippen molar-refractivity contribution in [3.63, 3.8) is 0 Å². The van der Waals surface area contributed by atoms with Gasteiger partial charge in [-0.2, -0.15) is 0 Å². The average molecular weight is 554 g/mol. The Bertz CT molecular complexity index is 437. The molecular weight excluding hydrogens is 490 g/mol. The minimum absolute atomic E-state index is 0. The summed E-state index contributed by atoms with van der Waals surface area (Å²) in [4.78, 5) is 0. The molecule has 36 heavy (non-hydrogen) atoms. The highest BCUT2D eigenvalue weighted by molar-refractivity contribution is 6.60. The number of hydrogen-bond acceptors (Lipinski definition) is 4. The molecule has 0 aliphatic heterocycles. The first kappa shape index (κ1) is 38.5. The van der Waals surface area contributed by atoms with Gasteiger partial charge in [0.2, 0.25) is 0 Å². The first-order valence-electron chi connectivity index (χ1n) is 15.3. The fraction of sp³-hybridized carbons (Fsp3) is 1.00. The lowest BCUT2D eigenvalue weighted by molar-refractivity contribution is -0.890. The van der Waals surface area contributed by atoms with Gasteiger partial charge in [-0.3, -0.25) is 0 Å². The monoisotopic (exact) mass is 553 g/mol. The van der Waals surface area contributed by atoms with E-state index in [0.717, 1.165) is 23.5 Å². The van der Waals surface area contributed by atoms with Gasteiger partial charge in [0.25, 0.3) is 0 Å². The Labute approximate surface area is 233 Å². The van der Waals surface area contributed by atoms with Gasteiger partial charge in [-0.25, -0.2) is 0 Å². The highest BCUT2D eigenvalue weighted by Gasteiger charge is 2.40. The Kier molecular flexibility index (Phi) is 28.7. The Morgan fingerprint density at radius 1 is 0.556 bits per heavy atom. The number of aliphatic hydroxyl groups is 1. The Morgan fingerprint density at radius 3 is 1.33 bits per heavy atom. The van der Waals surface area contributed by atoms with Crippen LogP contribution in [0.3, 0.4) is 0 Å². The molecular formula is C29H64ClNO4Si. The van der Waals surface area contributed by atoms with E-state index in [-0.39, 0.29) is 19.0 Å². The molecule has 220 valence electrons. The van der Waals surface area contributed by atoms with E-state index in [1.165, 1.54) is 109 Å². The zero-order valence-corrected chi connectivity index (χ0v) is 26.7. The quantitative estimate of drug-likeness (QED) is 0.0863. The van der Waals surface area contributed by atoms with Crippen LogP contribution in [0, 0.1) is 0 Å². The summed E-state index contributed by atoms with van der Waals surface area (Å²) < 4.78 is 18.9. The van der Waals surface area contributed by atoms with Gasteiger partial charge in [0.15, 0.2) is 0 Å². The molecule has 0 atom stereocenters. The summed E-state index contributed by atoms with van der Waals surface area (Å²) in [5.41, 5.74) is 0. The van der Waals surface area contributed by atoms with E-state index in [1.54, 1.807) is 0 Å². The summed E-state index contributed by atoms with van der Waals surface area (Å²) in [6, 6.07) is 0.829. The number of quaternary nitrogens is 1. The number of halogens is 1. The molecule has 7 heteroatoms. The van der Waals surface area contributed by atoms with Crippen molar-refractivity contribution in [1.29, 1.82) is 0 Å². The molecule has 0 amide bonds. The standard InChI is InChI=1S/C29H64NO4Si.ClH/c1-6-9-10-11-12-13-14-15-16-17-18-19-20-21-22-23-25-30(4,5)26-24-29-35(32-7-2,33-8-3)34-28-27-31;/h31H,6-29H2,1-5H3;1H/q+1;/p-1. The Morgan fingerprint density at radius 2 is 0.944 bits per heavy atom. The minimum atomic E-state index is -2.66. The molecule has 0 aromatic rings. The van der Waals surface area contributed by atoms with E-state index in [2.05, 4.69) is 21.0 Å². The van der Waals surface area contributed by atoms with Crippen molar-refractivity contribution >= 4 is 8.80 Å². The van der Waals surface area contributed by atoms with Gasteiger partial charge < -0.3 is 35.3 Å². The maximum Gasteiger partial charge on any atom is 0.501 e. The molecule has 0 unspecified atom stereocenters. The van der Waals surface area contributed by atoms with Crippen LogP contribution >= 0.6 is 0 Å². The van der Waals surface area contributed by atoms with Crippen LogP contribution in [-0.4, -0.2) is 72.0 Å². The molecule has 0 aromatic heterocycles. The second-order valence-corrected chi connectivity index (χ2v) is 13.6. The van der Waals surface area contributed by atoms with E-state index < -0.39 is 8.80 Å². The van der Waals surface area contributed by atoms with E-state index in [0.29, 0.717) is 19.8 Å². The van der Waals surface area contributed by atoms with E-state index in [1.807, 2.05) is 13.8 Å². The minimum Gasteiger partial charge on any atom is -1.00 e. The Hall–Kier alpha value is 0.307. The number of hydrogen-bond donors (Lipinski definition) is 1. The first-order chi connectivity index (χ1) is 16.9. The predicted octanol–water partition coefficient (Wildman–Crippen LogP) is 4.74. The molecule has 0 aliphatic rings. The van der Waals surface area contributed by atoms with E-state index in [4.69, 9.17) is 13.3 Å². The lowest BCUT2D eigenvalue weighted by Crippen LogP contribution is -3.00. The SMILES string of the molecule is CCCCCCCCCCCCCCCCCC[N+](C)(C)CCC[Si](OCC)(OCC)OCCO.[Cl-]. The second-order valence-electron chi connectivity index (χ2n) is 10.9. The number of aliphatic hydroxyl groups excluding tert-OH is 1. The third kappa shape index (κ3) is 23.4. The van der Waals surface area contributed by atoms with E-state index in [9.17, 15) is 5.11 Å². The van der Waals surface area contributed by atoms with E-state index >= 15 is 0 Å². The number of nitrogens with zero attached hydrogens (tertiary/aromatic N) is 1. The van der Waals surface area contributed by atoms with Crippen LogP contribution in [0.15, 0.2) is 0 Å². The zero-order chi connectivity index (χ0) is 26.1. The van der Waals surface area contributed by atoms with Crippen molar-refractivity contribution in [2.24, 2.45) is 0 Å². The first-order valence-corrected chi connectivity index (χ1v) is 17.2. The van der Waals surface area contributed by atoms with Gasteiger partial charge in [-0.05, 0) is 26.7 Å². The Balaban J connectivity index is 0. The summed E-state index contributed by atoms with van der Waals surface area (Å²) in [5.74, 6) is 0. The maximum absolute atomic E-state index is 9.17. The normalized spacial score (nSPS) is 12.2. The van der Waals surface area contributed by atoms with Gasteiger partial charge in [-0.15, -0.1) is 0 Å². The molecule has 0 heterocycles. The third-order valence-electron chi connectivity index (χ3n) is 7.01. The van der Waals surface area contributed by atoms with Gasteiger partial charge in [0.05, 0.1) is 40.4 Å². The molecule has 0 spiro atoms. The van der Waals surface area contributed by atoms with Crippen molar-refractivity contribution in [2.75, 3.05) is 53.6 Å². The molecule has 1 N–H and O–H groups in total. The van der Waals surface area contributed by atoms with Gasteiger partial charge in [-0.1, -0.05) is 96.8 Å².